The number of guanidine groups is 1. The summed E-state index contributed by atoms with van der Waals surface area (Å²) in [6.45, 7) is 3.38. The van der Waals surface area contributed by atoms with Crippen LogP contribution in [0.4, 0.5) is 5.69 Å². The van der Waals surface area contributed by atoms with E-state index in [4.69, 9.17) is 0 Å². The smallest absolute Gasteiger partial charge is 0.196 e. The van der Waals surface area contributed by atoms with Gasteiger partial charge in [0.05, 0.1) is 6.54 Å². The summed E-state index contributed by atoms with van der Waals surface area (Å²) in [4.78, 5) is 8.81. The molecular formula is C21H22N4. The molecule has 0 amide bonds. The van der Waals surface area contributed by atoms with E-state index in [1.54, 1.807) is 6.20 Å². The zero-order valence-corrected chi connectivity index (χ0v) is 14.3. The number of hydrogen-bond acceptors (Lipinski definition) is 2. The molecule has 0 bridgehead atoms. The van der Waals surface area contributed by atoms with E-state index < -0.39 is 0 Å². The van der Waals surface area contributed by atoms with Crippen molar-refractivity contribution in [2.24, 2.45) is 4.99 Å². The van der Waals surface area contributed by atoms with Gasteiger partial charge < -0.3 is 10.6 Å². The Balaban J connectivity index is 1.70. The normalized spacial score (nSPS) is 11.2. The van der Waals surface area contributed by atoms with Crippen LogP contribution in [0.5, 0.6) is 0 Å². The Morgan fingerprint density at radius 1 is 0.920 bits per heavy atom. The van der Waals surface area contributed by atoms with Crippen molar-refractivity contribution >= 4 is 11.6 Å². The van der Waals surface area contributed by atoms with E-state index in [2.05, 4.69) is 51.8 Å². The Morgan fingerprint density at radius 3 is 2.44 bits per heavy atom. The first kappa shape index (κ1) is 16.7. The number of benzene rings is 2. The summed E-state index contributed by atoms with van der Waals surface area (Å²) in [7, 11) is 0. The van der Waals surface area contributed by atoms with Crippen LogP contribution in [0.2, 0.25) is 0 Å². The molecule has 0 radical (unpaired) electrons. The first-order valence-electron chi connectivity index (χ1n) is 8.34. The average Bonchev–Trinajstić information content (AvgIpc) is 2.67. The van der Waals surface area contributed by atoms with Gasteiger partial charge in [0.15, 0.2) is 5.96 Å². The first-order chi connectivity index (χ1) is 12.3. The molecule has 0 atom stereocenters. The number of para-hydroxylation sites is 1. The lowest BCUT2D eigenvalue weighted by Crippen LogP contribution is -2.30. The summed E-state index contributed by atoms with van der Waals surface area (Å²) < 4.78 is 0. The zero-order valence-electron chi connectivity index (χ0n) is 14.3. The number of anilines is 1. The standard InChI is InChI=1S/C21H22N4/c1-17-9-11-18(12-10-17)15-23-21(25-20-7-3-2-4-8-20)24-16-19-6-5-13-22-14-19/h2-14H,15-16H2,1H3,(H2,23,24,25). The third-order valence-electron chi connectivity index (χ3n) is 3.76. The largest absolute Gasteiger partial charge is 0.352 e. The van der Waals surface area contributed by atoms with Gasteiger partial charge in [0.2, 0.25) is 0 Å². The van der Waals surface area contributed by atoms with Crippen molar-refractivity contribution in [3.8, 4) is 0 Å². The van der Waals surface area contributed by atoms with Gasteiger partial charge in [-0.25, -0.2) is 4.99 Å². The number of pyridine rings is 1. The maximum absolute atomic E-state index is 4.68. The molecule has 0 fully saturated rings. The van der Waals surface area contributed by atoms with E-state index in [0.717, 1.165) is 17.2 Å². The minimum atomic E-state index is 0.573. The summed E-state index contributed by atoms with van der Waals surface area (Å²) >= 11 is 0. The predicted octanol–water partition coefficient (Wildman–Crippen LogP) is 4.15. The van der Waals surface area contributed by atoms with Crippen molar-refractivity contribution in [1.82, 2.24) is 10.3 Å². The fourth-order valence-electron chi connectivity index (χ4n) is 2.35. The number of aromatic nitrogens is 1. The molecule has 0 saturated heterocycles. The Hall–Kier alpha value is -3.14. The van der Waals surface area contributed by atoms with Crippen LogP contribution in [0.15, 0.2) is 84.1 Å². The lowest BCUT2D eigenvalue weighted by molar-refractivity contribution is 0.891. The number of nitrogens with one attached hydrogen (secondary N) is 2. The summed E-state index contributed by atoms with van der Waals surface area (Å²) in [5.74, 6) is 0.746. The average molecular weight is 330 g/mol. The van der Waals surface area contributed by atoms with Crippen LogP contribution in [0.3, 0.4) is 0 Å². The molecule has 0 aliphatic heterocycles. The van der Waals surface area contributed by atoms with E-state index in [1.807, 2.05) is 48.7 Å². The minimum Gasteiger partial charge on any atom is -0.352 e. The third-order valence-corrected chi connectivity index (χ3v) is 3.76. The molecule has 0 spiro atoms. The monoisotopic (exact) mass is 330 g/mol. The maximum Gasteiger partial charge on any atom is 0.196 e. The highest BCUT2D eigenvalue weighted by molar-refractivity contribution is 5.93. The Labute approximate surface area is 148 Å². The second-order valence-corrected chi connectivity index (χ2v) is 5.86. The fraction of sp³-hybridized carbons (Fsp3) is 0.143. The SMILES string of the molecule is Cc1ccc(CNC(=NCc2cccnc2)Nc2ccccc2)cc1. The summed E-state index contributed by atoms with van der Waals surface area (Å²) in [5, 5.41) is 6.74. The molecular weight excluding hydrogens is 308 g/mol. The predicted molar refractivity (Wildman–Crippen MR) is 103 cm³/mol. The Morgan fingerprint density at radius 2 is 1.72 bits per heavy atom. The highest BCUT2D eigenvalue weighted by atomic mass is 15.2. The second-order valence-electron chi connectivity index (χ2n) is 5.86. The molecule has 0 saturated carbocycles. The molecule has 3 rings (SSSR count). The van der Waals surface area contributed by atoms with Gasteiger partial charge in [0, 0.05) is 24.6 Å². The van der Waals surface area contributed by atoms with Gasteiger partial charge in [-0.1, -0.05) is 54.1 Å². The summed E-state index contributed by atoms with van der Waals surface area (Å²) in [6.07, 6.45) is 3.61. The molecule has 0 unspecified atom stereocenters. The van der Waals surface area contributed by atoms with Crippen LogP contribution >= 0.6 is 0 Å². The van der Waals surface area contributed by atoms with Gasteiger partial charge in [-0.05, 0) is 36.2 Å². The fourth-order valence-corrected chi connectivity index (χ4v) is 2.35. The lowest BCUT2D eigenvalue weighted by atomic mass is 10.1. The molecule has 25 heavy (non-hydrogen) atoms. The number of aliphatic imine (C=N–C) groups is 1. The van der Waals surface area contributed by atoms with Crippen LogP contribution < -0.4 is 10.6 Å². The molecule has 3 aromatic rings. The molecule has 0 aliphatic rings. The van der Waals surface area contributed by atoms with E-state index in [9.17, 15) is 0 Å². The lowest BCUT2D eigenvalue weighted by Gasteiger charge is -2.13. The van der Waals surface area contributed by atoms with Crippen molar-refractivity contribution < 1.29 is 0 Å². The third kappa shape index (κ3) is 5.46. The minimum absolute atomic E-state index is 0.573. The summed E-state index contributed by atoms with van der Waals surface area (Å²) in [5.41, 5.74) is 4.56. The number of aryl methyl sites for hydroxylation is 1. The van der Waals surface area contributed by atoms with Crippen LogP contribution in [0.1, 0.15) is 16.7 Å². The van der Waals surface area contributed by atoms with Crippen molar-refractivity contribution in [1.29, 1.82) is 0 Å². The van der Waals surface area contributed by atoms with E-state index in [1.165, 1.54) is 11.1 Å². The van der Waals surface area contributed by atoms with Crippen molar-refractivity contribution in [2.75, 3.05) is 5.32 Å². The molecule has 2 N–H and O–H groups in total. The van der Waals surface area contributed by atoms with Crippen LogP contribution in [-0.4, -0.2) is 10.9 Å². The van der Waals surface area contributed by atoms with Gasteiger partial charge in [0.25, 0.3) is 0 Å². The van der Waals surface area contributed by atoms with Gasteiger partial charge >= 0.3 is 0 Å². The Bertz CT molecular complexity index is 796. The quantitative estimate of drug-likeness (QED) is 0.546. The second kappa shape index (κ2) is 8.64. The van der Waals surface area contributed by atoms with Crippen molar-refractivity contribution in [3.63, 3.8) is 0 Å². The summed E-state index contributed by atoms with van der Waals surface area (Å²) in [6, 6.07) is 22.5. The van der Waals surface area contributed by atoms with Crippen LogP contribution in [0, 0.1) is 6.92 Å². The number of rotatable bonds is 5. The van der Waals surface area contributed by atoms with Crippen LogP contribution in [-0.2, 0) is 13.1 Å². The molecule has 4 nitrogen and oxygen atoms in total. The van der Waals surface area contributed by atoms with Gasteiger partial charge in [-0.15, -0.1) is 0 Å². The van der Waals surface area contributed by atoms with Gasteiger partial charge in [-0.3, -0.25) is 4.98 Å². The van der Waals surface area contributed by atoms with Gasteiger partial charge in [0.1, 0.15) is 0 Å². The molecule has 126 valence electrons. The molecule has 1 heterocycles. The number of nitrogens with zero attached hydrogens (tertiary/aromatic N) is 2. The van der Waals surface area contributed by atoms with Crippen LogP contribution in [0.25, 0.3) is 0 Å². The molecule has 0 aliphatic carbocycles. The first-order valence-corrected chi connectivity index (χ1v) is 8.34. The van der Waals surface area contributed by atoms with Gasteiger partial charge in [-0.2, -0.15) is 0 Å². The van der Waals surface area contributed by atoms with E-state index in [-0.39, 0.29) is 0 Å². The number of hydrogen-bond donors (Lipinski definition) is 2. The molecule has 4 heteroatoms. The highest BCUT2D eigenvalue weighted by Gasteiger charge is 2.01. The zero-order chi connectivity index (χ0) is 17.3. The molecule has 1 aromatic heterocycles. The maximum atomic E-state index is 4.68. The van der Waals surface area contributed by atoms with Crippen molar-refractivity contribution in [3.05, 3.63) is 95.8 Å². The van der Waals surface area contributed by atoms with E-state index in [0.29, 0.717) is 13.1 Å². The van der Waals surface area contributed by atoms with Crippen molar-refractivity contribution in [2.45, 2.75) is 20.0 Å². The molecule has 2 aromatic carbocycles. The topological polar surface area (TPSA) is 49.3 Å². The Kier molecular flexibility index (Phi) is 5.77. The highest BCUT2D eigenvalue weighted by Crippen LogP contribution is 2.07. The van der Waals surface area contributed by atoms with E-state index >= 15 is 0 Å².